The van der Waals surface area contributed by atoms with E-state index in [1.807, 2.05) is 0 Å². The molecule has 29 heavy (non-hydrogen) atoms. The van der Waals surface area contributed by atoms with Crippen molar-refractivity contribution in [2.24, 2.45) is 0 Å². The monoisotopic (exact) mass is 492 g/mol. The summed E-state index contributed by atoms with van der Waals surface area (Å²) in [6.07, 6.45) is 0. The van der Waals surface area contributed by atoms with Gasteiger partial charge in [0.25, 0.3) is 10.1 Å². The molecule has 0 radical (unpaired) electrons. The number of hydrogen-bond donors (Lipinski definition) is 3. The van der Waals surface area contributed by atoms with Crippen LogP contribution in [0.15, 0.2) is 54.6 Å². The normalized spacial score (nSPS) is 13.8. The van der Waals surface area contributed by atoms with Gasteiger partial charge in [0.2, 0.25) is 0 Å². The minimum absolute atomic E-state index is 0.00797. The van der Waals surface area contributed by atoms with Crippen LogP contribution in [0.25, 0.3) is 0 Å². The lowest BCUT2D eigenvalue weighted by Gasteiger charge is -2.34. The summed E-state index contributed by atoms with van der Waals surface area (Å²) in [7, 11) is -5.08. The van der Waals surface area contributed by atoms with Crippen molar-refractivity contribution in [3.63, 3.8) is 0 Å². The third-order valence-electron chi connectivity index (χ3n) is 4.35. The highest BCUT2D eigenvalue weighted by Crippen LogP contribution is 2.51. The topological polar surface area (TPSA) is 94.8 Å². The highest BCUT2D eigenvalue weighted by Gasteiger charge is 2.51. The summed E-state index contributed by atoms with van der Waals surface area (Å²) in [6, 6.07) is 11.5. The summed E-state index contributed by atoms with van der Waals surface area (Å²) in [5, 5.41) is 20.3. The van der Waals surface area contributed by atoms with Gasteiger partial charge in [0.15, 0.2) is 4.75 Å². The van der Waals surface area contributed by atoms with Crippen LogP contribution in [-0.2, 0) is 14.9 Å². The molecule has 152 valence electrons. The number of rotatable bonds is 4. The first-order chi connectivity index (χ1) is 13.5. The molecule has 3 N–H and O–H groups in total. The van der Waals surface area contributed by atoms with Crippen LogP contribution < -0.4 is 0 Å². The fourth-order valence-corrected chi connectivity index (χ4v) is 5.45. The fourth-order valence-electron chi connectivity index (χ4n) is 3.23. The highest BCUT2D eigenvalue weighted by atomic mass is 35.5. The molecule has 0 fully saturated rings. The molecule has 5 nitrogen and oxygen atoms in total. The quantitative estimate of drug-likeness (QED) is 0.311. The first kappa shape index (κ1) is 22.0. The van der Waals surface area contributed by atoms with Crippen LogP contribution in [0.4, 0.5) is 0 Å². The molecule has 10 heteroatoms. The van der Waals surface area contributed by atoms with Crippen molar-refractivity contribution in [1.29, 1.82) is 0 Å². The van der Waals surface area contributed by atoms with Crippen LogP contribution in [0.2, 0.25) is 20.1 Å². The lowest BCUT2D eigenvalue weighted by molar-refractivity contribution is 0.431. The number of hydrogen-bond acceptors (Lipinski definition) is 4. The van der Waals surface area contributed by atoms with Crippen molar-refractivity contribution in [3.8, 4) is 11.5 Å². The van der Waals surface area contributed by atoms with Crippen molar-refractivity contribution in [2.75, 3.05) is 0 Å². The van der Waals surface area contributed by atoms with Crippen LogP contribution in [-0.4, -0.2) is 23.2 Å². The summed E-state index contributed by atoms with van der Waals surface area (Å²) in [5.74, 6) is -1.07. The molecule has 0 heterocycles. The zero-order valence-electron chi connectivity index (χ0n) is 14.3. The van der Waals surface area contributed by atoms with Gasteiger partial charge in [0, 0.05) is 16.7 Å². The molecule has 0 aliphatic rings. The third kappa shape index (κ3) is 3.77. The Balaban J connectivity index is 2.61. The Hall–Kier alpha value is -1.67. The molecule has 1 unspecified atom stereocenters. The van der Waals surface area contributed by atoms with Crippen molar-refractivity contribution >= 4 is 56.5 Å². The van der Waals surface area contributed by atoms with Crippen molar-refractivity contribution < 1.29 is 23.2 Å². The number of phenols is 2. The summed E-state index contributed by atoms with van der Waals surface area (Å²) in [6.45, 7) is 0. The molecule has 0 amide bonds. The molecule has 0 saturated heterocycles. The minimum Gasteiger partial charge on any atom is -0.508 e. The first-order valence-electron chi connectivity index (χ1n) is 7.89. The lowest BCUT2D eigenvalue weighted by atomic mass is 9.83. The Bertz CT molecular complexity index is 1190. The van der Waals surface area contributed by atoms with E-state index < -0.39 is 26.4 Å². The van der Waals surface area contributed by atoms with Crippen molar-refractivity contribution in [2.45, 2.75) is 4.75 Å². The van der Waals surface area contributed by atoms with E-state index in [2.05, 4.69) is 0 Å². The van der Waals surface area contributed by atoms with Gasteiger partial charge in [-0.05, 0) is 41.5 Å². The molecule has 0 aliphatic heterocycles. The van der Waals surface area contributed by atoms with Gasteiger partial charge in [-0.2, -0.15) is 8.42 Å². The van der Waals surface area contributed by atoms with Gasteiger partial charge in [-0.15, -0.1) is 0 Å². The van der Waals surface area contributed by atoms with Gasteiger partial charge in [0.1, 0.15) is 11.5 Å². The van der Waals surface area contributed by atoms with Crippen LogP contribution in [0.3, 0.4) is 0 Å². The molecule has 3 aromatic rings. The van der Waals surface area contributed by atoms with Gasteiger partial charge in [-0.25, -0.2) is 0 Å². The summed E-state index contributed by atoms with van der Waals surface area (Å²) >= 11 is 24.4. The van der Waals surface area contributed by atoms with Gasteiger partial charge in [-0.1, -0.05) is 64.6 Å². The van der Waals surface area contributed by atoms with Gasteiger partial charge in [0.05, 0.1) is 15.1 Å². The zero-order chi connectivity index (χ0) is 21.6. The second kappa shape index (κ2) is 7.87. The number of aromatic hydroxyl groups is 2. The number of phenolic OH excluding ortho intramolecular Hbond substituents is 2. The van der Waals surface area contributed by atoms with E-state index in [0.29, 0.717) is 0 Å². The Labute approximate surface area is 186 Å². The van der Waals surface area contributed by atoms with E-state index in [0.717, 1.165) is 12.1 Å². The Kier molecular flexibility index (Phi) is 5.98. The molecule has 0 spiro atoms. The Morgan fingerprint density at radius 1 is 0.759 bits per heavy atom. The molecule has 0 aliphatic carbocycles. The summed E-state index contributed by atoms with van der Waals surface area (Å²) < 4.78 is 34.0. The maximum absolute atomic E-state index is 13.0. The van der Waals surface area contributed by atoms with Crippen LogP contribution in [0, 0.1) is 0 Å². The van der Waals surface area contributed by atoms with E-state index in [1.165, 1.54) is 42.5 Å². The maximum atomic E-state index is 13.0. The molecule has 1 atom stereocenters. The lowest BCUT2D eigenvalue weighted by Crippen LogP contribution is -2.38. The van der Waals surface area contributed by atoms with Crippen molar-refractivity contribution in [1.82, 2.24) is 0 Å². The summed E-state index contributed by atoms with van der Waals surface area (Å²) in [5.41, 5.74) is -0.464. The highest BCUT2D eigenvalue weighted by molar-refractivity contribution is 7.87. The van der Waals surface area contributed by atoms with E-state index in [1.54, 1.807) is 0 Å². The second-order valence-electron chi connectivity index (χ2n) is 6.12. The number of benzene rings is 3. The first-order valence-corrected chi connectivity index (χ1v) is 10.8. The SMILES string of the molecule is O=S(=O)(O)C(c1cccc(Cl)c1)(c1ccc(Cl)c(Cl)c1)c1c(O)cc(O)cc1Cl. The second-order valence-corrected chi connectivity index (χ2v) is 9.34. The minimum atomic E-state index is -5.08. The number of halogens is 4. The molecule has 3 aromatic carbocycles. The molecule has 0 bridgehead atoms. The Morgan fingerprint density at radius 2 is 1.41 bits per heavy atom. The standard InChI is InChI=1S/C19H12Cl4O5S/c20-12-3-1-2-10(6-12)19(29(26,27)28,11-4-5-14(21)15(22)7-11)18-16(23)8-13(24)9-17(18)25/h1-9,24-25H,(H,26,27,28). The molecule has 0 saturated carbocycles. The van der Waals surface area contributed by atoms with E-state index in [9.17, 15) is 23.2 Å². The third-order valence-corrected chi connectivity index (χ3v) is 7.07. The van der Waals surface area contributed by atoms with Crippen LogP contribution in [0.1, 0.15) is 16.7 Å². The van der Waals surface area contributed by atoms with Crippen LogP contribution >= 0.6 is 46.4 Å². The predicted molar refractivity (Wildman–Crippen MR) is 114 cm³/mol. The molecule has 3 rings (SSSR count). The fraction of sp³-hybridized carbons (Fsp3) is 0.0526. The van der Waals surface area contributed by atoms with Gasteiger partial charge < -0.3 is 10.2 Å². The molecular formula is C19H12Cl4O5S. The summed E-state index contributed by atoms with van der Waals surface area (Å²) in [4.78, 5) is 0. The van der Waals surface area contributed by atoms with Gasteiger partial charge >= 0.3 is 0 Å². The van der Waals surface area contributed by atoms with E-state index in [4.69, 9.17) is 46.4 Å². The smallest absolute Gasteiger partial charge is 0.283 e. The molecule has 0 aromatic heterocycles. The average Bonchev–Trinajstić information content (AvgIpc) is 2.59. The van der Waals surface area contributed by atoms with E-state index >= 15 is 0 Å². The largest absolute Gasteiger partial charge is 0.508 e. The zero-order valence-corrected chi connectivity index (χ0v) is 18.1. The Morgan fingerprint density at radius 3 is 1.97 bits per heavy atom. The average molecular weight is 494 g/mol. The predicted octanol–water partition coefficient (Wildman–Crippen LogP) is 5.89. The van der Waals surface area contributed by atoms with Crippen LogP contribution in [0.5, 0.6) is 11.5 Å². The molecular weight excluding hydrogens is 482 g/mol. The maximum Gasteiger partial charge on any atom is 0.283 e. The van der Waals surface area contributed by atoms with Crippen molar-refractivity contribution in [3.05, 3.63) is 91.4 Å². The van der Waals surface area contributed by atoms with E-state index in [-0.39, 0.29) is 36.8 Å². The van der Waals surface area contributed by atoms with Gasteiger partial charge in [-0.3, -0.25) is 4.55 Å².